The summed E-state index contributed by atoms with van der Waals surface area (Å²) < 4.78 is 2.40. The van der Waals surface area contributed by atoms with E-state index in [4.69, 9.17) is 0 Å². The van der Waals surface area contributed by atoms with Gasteiger partial charge in [0.15, 0.2) is 0 Å². The smallest absolute Gasteiger partial charge is 0.141 e. The number of benzene rings is 6. The van der Waals surface area contributed by atoms with Crippen LogP contribution in [0.1, 0.15) is 5.69 Å². The third-order valence-electron chi connectivity index (χ3n) is 8.06. The van der Waals surface area contributed by atoms with Crippen LogP contribution >= 0.6 is 0 Å². The summed E-state index contributed by atoms with van der Waals surface area (Å²) in [6.45, 7) is 0. The number of nitriles is 1. The highest BCUT2D eigenvalue weighted by Crippen LogP contribution is 2.44. The third-order valence-corrected chi connectivity index (χ3v) is 8.06. The van der Waals surface area contributed by atoms with Gasteiger partial charge in [-0.1, -0.05) is 91.0 Å². The van der Waals surface area contributed by atoms with Crippen LogP contribution in [0.5, 0.6) is 0 Å². The summed E-state index contributed by atoms with van der Waals surface area (Å²) in [5.41, 5.74) is 8.27. The lowest BCUT2D eigenvalue weighted by atomic mass is 9.92. The van der Waals surface area contributed by atoms with E-state index in [2.05, 4.69) is 137 Å². The van der Waals surface area contributed by atoms with E-state index in [-0.39, 0.29) is 0 Å². The average Bonchev–Trinajstić information content (AvgIpc) is 3.40. The van der Waals surface area contributed by atoms with Crippen molar-refractivity contribution in [2.24, 2.45) is 0 Å². The quantitative estimate of drug-likeness (QED) is 0.232. The molecule has 3 nitrogen and oxygen atoms in total. The summed E-state index contributed by atoms with van der Waals surface area (Å²) in [6, 6.07) is 49.4. The maximum Gasteiger partial charge on any atom is 0.141 e. The number of nitrogens with zero attached hydrogens (tertiary/aromatic N) is 3. The molecule has 2 aromatic heterocycles. The van der Waals surface area contributed by atoms with Crippen molar-refractivity contribution in [3.63, 3.8) is 0 Å². The monoisotopic (exact) mass is 521 g/mol. The van der Waals surface area contributed by atoms with Gasteiger partial charge in [-0.2, -0.15) is 5.26 Å². The molecular formula is C38H23N3. The van der Waals surface area contributed by atoms with Crippen molar-refractivity contribution < 1.29 is 0 Å². The van der Waals surface area contributed by atoms with Crippen LogP contribution in [0, 0.1) is 11.3 Å². The number of hydrogen-bond donors (Lipinski definition) is 0. The highest BCUT2D eigenvalue weighted by Gasteiger charge is 2.19. The predicted octanol–water partition coefficient (Wildman–Crippen LogP) is 9.69. The highest BCUT2D eigenvalue weighted by molar-refractivity contribution is 6.30. The molecule has 0 unspecified atom stereocenters. The standard InChI is InChI=1S/C38H23N3/c39-24-29-22-27(19-20-40-29)26-10-8-11-28(21-26)34-23-36-38(33-16-7-6-15-32(33)34)37-31-14-5-4-9-25(31)17-18-35(37)41(36)30-12-2-1-3-13-30/h1-23H. The number of pyridine rings is 1. The van der Waals surface area contributed by atoms with Crippen molar-refractivity contribution >= 4 is 43.4 Å². The molecule has 0 saturated heterocycles. The Labute approximate surface area is 237 Å². The van der Waals surface area contributed by atoms with E-state index in [1.807, 2.05) is 12.1 Å². The van der Waals surface area contributed by atoms with Crippen LogP contribution in [0.2, 0.25) is 0 Å². The fraction of sp³-hybridized carbons (Fsp3) is 0. The van der Waals surface area contributed by atoms with Gasteiger partial charge in [0.2, 0.25) is 0 Å². The lowest BCUT2D eigenvalue weighted by molar-refractivity contribution is 1.18. The Kier molecular flexibility index (Phi) is 5.20. The molecule has 0 aliphatic heterocycles. The van der Waals surface area contributed by atoms with Crippen molar-refractivity contribution in [2.75, 3.05) is 0 Å². The summed E-state index contributed by atoms with van der Waals surface area (Å²) in [5, 5.41) is 16.9. The summed E-state index contributed by atoms with van der Waals surface area (Å²) in [7, 11) is 0. The van der Waals surface area contributed by atoms with Crippen molar-refractivity contribution in [1.82, 2.24) is 9.55 Å². The molecule has 41 heavy (non-hydrogen) atoms. The van der Waals surface area contributed by atoms with Crippen molar-refractivity contribution in [2.45, 2.75) is 0 Å². The minimum atomic E-state index is 0.416. The van der Waals surface area contributed by atoms with Crippen LogP contribution in [0.25, 0.3) is 71.3 Å². The number of rotatable bonds is 3. The Bertz CT molecular complexity index is 2320. The van der Waals surface area contributed by atoms with Gasteiger partial charge in [0.05, 0.1) is 11.0 Å². The molecule has 8 aromatic rings. The first-order valence-corrected chi connectivity index (χ1v) is 13.7. The fourth-order valence-electron chi connectivity index (χ4n) is 6.27. The van der Waals surface area contributed by atoms with Gasteiger partial charge in [-0.15, -0.1) is 0 Å². The molecule has 3 heteroatoms. The second-order valence-electron chi connectivity index (χ2n) is 10.3. The molecular weight excluding hydrogens is 498 g/mol. The van der Waals surface area contributed by atoms with E-state index in [9.17, 15) is 5.26 Å². The first-order valence-electron chi connectivity index (χ1n) is 13.7. The van der Waals surface area contributed by atoms with Crippen molar-refractivity contribution in [1.29, 1.82) is 5.26 Å². The summed E-state index contributed by atoms with van der Waals surface area (Å²) >= 11 is 0. The van der Waals surface area contributed by atoms with Gasteiger partial charge in [0.25, 0.3) is 0 Å². The van der Waals surface area contributed by atoms with E-state index in [0.29, 0.717) is 5.69 Å². The molecule has 6 aromatic carbocycles. The van der Waals surface area contributed by atoms with Crippen LogP contribution in [-0.4, -0.2) is 9.55 Å². The molecule has 2 heterocycles. The summed E-state index contributed by atoms with van der Waals surface area (Å²) in [4.78, 5) is 4.16. The van der Waals surface area contributed by atoms with Gasteiger partial charge in [0.1, 0.15) is 11.8 Å². The minimum Gasteiger partial charge on any atom is -0.309 e. The van der Waals surface area contributed by atoms with E-state index in [0.717, 1.165) is 22.4 Å². The molecule has 190 valence electrons. The Morgan fingerprint density at radius 3 is 2.10 bits per heavy atom. The lowest BCUT2D eigenvalue weighted by Gasteiger charge is -2.13. The van der Waals surface area contributed by atoms with Gasteiger partial charge in [-0.3, -0.25) is 0 Å². The first kappa shape index (κ1) is 23.2. The highest BCUT2D eigenvalue weighted by atomic mass is 15.0. The first-order chi connectivity index (χ1) is 20.3. The molecule has 0 saturated carbocycles. The SMILES string of the molecule is N#Cc1cc(-c2cccc(-c3cc4c(c5ccccc35)c3c5ccccc5ccc3n4-c3ccccc3)c2)ccn1. The second kappa shape index (κ2) is 9.19. The zero-order chi connectivity index (χ0) is 27.3. The van der Waals surface area contributed by atoms with Gasteiger partial charge in [0, 0.05) is 22.7 Å². The molecule has 8 rings (SSSR count). The Morgan fingerprint density at radius 1 is 0.537 bits per heavy atom. The van der Waals surface area contributed by atoms with Gasteiger partial charge >= 0.3 is 0 Å². The largest absolute Gasteiger partial charge is 0.309 e. The zero-order valence-corrected chi connectivity index (χ0v) is 22.1. The molecule has 0 radical (unpaired) electrons. The Balaban J connectivity index is 1.51. The molecule has 0 aliphatic rings. The Hall–Kier alpha value is -5.72. The number of fused-ring (bicyclic) bond motifs is 7. The topological polar surface area (TPSA) is 41.6 Å². The van der Waals surface area contributed by atoms with Crippen LogP contribution in [0.4, 0.5) is 0 Å². The van der Waals surface area contributed by atoms with E-state index >= 15 is 0 Å². The summed E-state index contributed by atoms with van der Waals surface area (Å²) in [5.74, 6) is 0. The van der Waals surface area contributed by atoms with Gasteiger partial charge < -0.3 is 4.57 Å². The molecule has 0 fully saturated rings. The van der Waals surface area contributed by atoms with E-state index in [1.54, 1.807) is 6.20 Å². The number of aromatic nitrogens is 2. The molecule has 0 bridgehead atoms. The van der Waals surface area contributed by atoms with Crippen LogP contribution < -0.4 is 0 Å². The van der Waals surface area contributed by atoms with Crippen molar-refractivity contribution in [3.8, 4) is 34.0 Å². The van der Waals surface area contributed by atoms with Gasteiger partial charge in [-0.25, -0.2) is 4.98 Å². The predicted molar refractivity (Wildman–Crippen MR) is 169 cm³/mol. The van der Waals surface area contributed by atoms with E-state index < -0.39 is 0 Å². The maximum absolute atomic E-state index is 9.39. The summed E-state index contributed by atoms with van der Waals surface area (Å²) in [6.07, 6.45) is 1.70. The maximum atomic E-state index is 9.39. The van der Waals surface area contributed by atoms with Crippen LogP contribution in [-0.2, 0) is 0 Å². The molecule has 0 amide bonds. The second-order valence-corrected chi connectivity index (χ2v) is 10.3. The Morgan fingerprint density at radius 2 is 1.24 bits per heavy atom. The van der Waals surface area contributed by atoms with Crippen LogP contribution in [0.3, 0.4) is 0 Å². The molecule has 0 N–H and O–H groups in total. The number of para-hydroxylation sites is 1. The average molecular weight is 522 g/mol. The third kappa shape index (κ3) is 3.62. The zero-order valence-electron chi connectivity index (χ0n) is 22.1. The van der Waals surface area contributed by atoms with E-state index in [1.165, 1.54) is 48.9 Å². The normalized spacial score (nSPS) is 11.4. The minimum absolute atomic E-state index is 0.416. The molecule has 0 aliphatic carbocycles. The fourth-order valence-corrected chi connectivity index (χ4v) is 6.27. The number of hydrogen-bond acceptors (Lipinski definition) is 2. The lowest BCUT2D eigenvalue weighted by Crippen LogP contribution is -1.94. The molecule has 0 atom stereocenters. The van der Waals surface area contributed by atoms with Crippen molar-refractivity contribution in [3.05, 3.63) is 145 Å². The van der Waals surface area contributed by atoms with Gasteiger partial charge in [-0.05, 0) is 86.3 Å². The van der Waals surface area contributed by atoms with Crippen LogP contribution in [0.15, 0.2) is 140 Å². The molecule has 0 spiro atoms.